The zero-order chi connectivity index (χ0) is 14.7. The highest BCUT2D eigenvalue weighted by Crippen LogP contribution is 2.38. The van der Waals surface area contributed by atoms with Crippen molar-refractivity contribution in [2.45, 2.75) is 6.92 Å². The van der Waals surface area contributed by atoms with Gasteiger partial charge >= 0.3 is 5.69 Å². The summed E-state index contributed by atoms with van der Waals surface area (Å²) in [7, 11) is 0. The Morgan fingerprint density at radius 1 is 1.15 bits per heavy atom. The number of phenols is 1. The van der Waals surface area contributed by atoms with Crippen molar-refractivity contribution in [2.24, 2.45) is 0 Å². The lowest BCUT2D eigenvalue weighted by atomic mass is 10.1. The molecule has 1 N–H and O–H groups in total. The molecule has 0 aliphatic rings. The fourth-order valence-electron chi connectivity index (χ4n) is 1.71. The number of hydrogen-bond donors (Lipinski definition) is 1. The molecule has 2 aromatic carbocycles. The molecular weight excluding hydrogens is 262 g/mol. The lowest BCUT2D eigenvalue weighted by molar-refractivity contribution is -0.385. The molecule has 6 heteroatoms. The van der Waals surface area contributed by atoms with Gasteiger partial charge in [0, 0.05) is 6.07 Å². The first kappa shape index (κ1) is 13.5. The van der Waals surface area contributed by atoms with Crippen LogP contribution in [0.15, 0.2) is 42.5 Å². The smallest absolute Gasteiger partial charge is 0.314 e. The van der Waals surface area contributed by atoms with Gasteiger partial charge in [-0.05, 0) is 25.1 Å². The van der Waals surface area contributed by atoms with Crippen LogP contribution >= 0.6 is 0 Å². The van der Waals surface area contributed by atoms with Crippen LogP contribution in [0.2, 0.25) is 0 Å². The number of nitro benzene ring substituents is 1. The van der Waals surface area contributed by atoms with Crippen LogP contribution in [0.4, 0.5) is 5.69 Å². The van der Waals surface area contributed by atoms with Crippen molar-refractivity contribution in [3.05, 3.63) is 58.1 Å². The summed E-state index contributed by atoms with van der Waals surface area (Å²) in [4.78, 5) is 21.5. The highest BCUT2D eigenvalue weighted by Gasteiger charge is 2.19. The fourth-order valence-corrected chi connectivity index (χ4v) is 1.71. The maximum absolute atomic E-state index is 11.5. The Morgan fingerprint density at radius 2 is 1.80 bits per heavy atom. The van der Waals surface area contributed by atoms with Gasteiger partial charge in [0.2, 0.25) is 5.75 Å². The van der Waals surface area contributed by atoms with Crippen LogP contribution in [0.1, 0.15) is 17.3 Å². The number of ketones is 1. The molecule has 6 nitrogen and oxygen atoms in total. The number of Topliss-reactive ketones (excluding diaryl/α,β-unsaturated/α-hetero) is 1. The van der Waals surface area contributed by atoms with Crippen molar-refractivity contribution in [3.63, 3.8) is 0 Å². The molecule has 2 rings (SSSR count). The minimum absolute atomic E-state index is 0.0760. The zero-order valence-corrected chi connectivity index (χ0v) is 10.6. The van der Waals surface area contributed by atoms with Crippen LogP contribution < -0.4 is 4.74 Å². The molecule has 0 atom stereocenters. The quantitative estimate of drug-likeness (QED) is 0.524. The summed E-state index contributed by atoms with van der Waals surface area (Å²) in [6.07, 6.45) is 0. The van der Waals surface area contributed by atoms with Gasteiger partial charge in [-0.15, -0.1) is 0 Å². The van der Waals surface area contributed by atoms with E-state index in [1.54, 1.807) is 24.3 Å². The van der Waals surface area contributed by atoms with E-state index in [1.807, 2.05) is 0 Å². The summed E-state index contributed by atoms with van der Waals surface area (Å²) >= 11 is 0. The van der Waals surface area contributed by atoms with Gasteiger partial charge in [-0.2, -0.15) is 0 Å². The lowest BCUT2D eigenvalue weighted by Crippen LogP contribution is -1.97. The largest absolute Gasteiger partial charge is 0.499 e. The standard InChI is InChI=1S/C14H11NO5/c1-9(16)10-5-2-3-7-12(10)20-13-8-4-6-11(14(13)17)15(18)19/h2-8,17H,1H3. The Labute approximate surface area is 114 Å². The molecule has 0 fully saturated rings. The Balaban J connectivity index is 2.43. The van der Waals surface area contributed by atoms with Gasteiger partial charge in [-0.25, -0.2) is 0 Å². The lowest BCUT2D eigenvalue weighted by Gasteiger charge is -2.10. The van der Waals surface area contributed by atoms with Crippen LogP contribution in [0.3, 0.4) is 0 Å². The first-order chi connectivity index (χ1) is 9.50. The van der Waals surface area contributed by atoms with E-state index in [1.165, 1.54) is 25.1 Å². The normalized spacial score (nSPS) is 10.1. The van der Waals surface area contributed by atoms with E-state index in [-0.39, 0.29) is 17.3 Å². The molecular formula is C14H11NO5. The minimum atomic E-state index is -0.709. The Morgan fingerprint density at radius 3 is 2.45 bits per heavy atom. The molecule has 0 spiro atoms. The second kappa shape index (κ2) is 5.40. The molecule has 0 aromatic heterocycles. The Hall–Kier alpha value is -2.89. The molecule has 102 valence electrons. The predicted molar refractivity (Wildman–Crippen MR) is 71.3 cm³/mol. The molecule has 0 bridgehead atoms. The van der Waals surface area contributed by atoms with Crippen molar-refractivity contribution in [3.8, 4) is 17.2 Å². The zero-order valence-electron chi connectivity index (χ0n) is 10.6. The summed E-state index contributed by atoms with van der Waals surface area (Å²) in [6, 6.07) is 10.4. The predicted octanol–water partition coefficient (Wildman–Crippen LogP) is 3.30. The third-order valence-corrected chi connectivity index (χ3v) is 2.66. The summed E-state index contributed by atoms with van der Waals surface area (Å²) in [6.45, 7) is 1.38. The fraction of sp³-hybridized carbons (Fsp3) is 0.0714. The van der Waals surface area contributed by atoms with Gasteiger partial charge in [0.05, 0.1) is 10.5 Å². The van der Waals surface area contributed by atoms with E-state index in [0.717, 1.165) is 0 Å². The van der Waals surface area contributed by atoms with E-state index in [9.17, 15) is 20.0 Å². The van der Waals surface area contributed by atoms with Gasteiger partial charge in [-0.3, -0.25) is 14.9 Å². The Kier molecular flexibility index (Phi) is 3.65. The van der Waals surface area contributed by atoms with E-state index >= 15 is 0 Å². The number of nitro groups is 1. The summed E-state index contributed by atoms with van der Waals surface area (Å²) < 4.78 is 5.42. The van der Waals surface area contributed by atoms with Crippen LogP contribution in [-0.2, 0) is 0 Å². The molecule has 20 heavy (non-hydrogen) atoms. The number of aromatic hydroxyl groups is 1. The van der Waals surface area contributed by atoms with Gasteiger partial charge in [0.15, 0.2) is 11.5 Å². The molecule has 0 radical (unpaired) electrons. The highest BCUT2D eigenvalue weighted by molar-refractivity contribution is 5.96. The second-order valence-corrected chi connectivity index (χ2v) is 4.04. The molecule has 0 saturated carbocycles. The number of ether oxygens (including phenoxy) is 1. The average Bonchev–Trinajstić information content (AvgIpc) is 2.41. The first-order valence-electron chi connectivity index (χ1n) is 5.75. The van der Waals surface area contributed by atoms with Crippen LogP contribution in [0, 0.1) is 10.1 Å². The molecule has 0 heterocycles. The first-order valence-corrected chi connectivity index (χ1v) is 5.75. The number of nitrogens with zero attached hydrogens (tertiary/aromatic N) is 1. The number of hydrogen-bond acceptors (Lipinski definition) is 5. The minimum Gasteiger partial charge on any atom is -0.499 e. The van der Waals surface area contributed by atoms with Gasteiger partial charge in [0.1, 0.15) is 5.75 Å². The summed E-state index contributed by atoms with van der Waals surface area (Å²) in [5, 5.41) is 20.5. The number of benzene rings is 2. The van der Waals surface area contributed by atoms with Crippen LogP contribution in [-0.4, -0.2) is 15.8 Å². The van der Waals surface area contributed by atoms with E-state index in [2.05, 4.69) is 0 Å². The highest BCUT2D eigenvalue weighted by atomic mass is 16.6. The Bertz CT molecular complexity index is 681. The van der Waals surface area contributed by atoms with E-state index in [0.29, 0.717) is 5.56 Å². The number of carbonyl (C=O) groups is 1. The molecule has 0 amide bonds. The van der Waals surface area contributed by atoms with E-state index < -0.39 is 16.4 Å². The molecule has 2 aromatic rings. The second-order valence-electron chi connectivity index (χ2n) is 4.04. The van der Waals surface area contributed by atoms with Gasteiger partial charge < -0.3 is 9.84 Å². The number of carbonyl (C=O) groups excluding carboxylic acids is 1. The maximum Gasteiger partial charge on any atom is 0.314 e. The SMILES string of the molecule is CC(=O)c1ccccc1Oc1cccc([N+](=O)[O-])c1O. The van der Waals surface area contributed by atoms with Crippen molar-refractivity contribution < 1.29 is 19.6 Å². The van der Waals surface area contributed by atoms with Crippen molar-refractivity contribution in [2.75, 3.05) is 0 Å². The van der Waals surface area contributed by atoms with Crippen molar-refractivity contribution >= 4 is 11.5 Å². The molecule has 0 unspecified atom stereocenters. The van der Waals surface area contributed by atoms with Gasteiger partial charge in [0.25, 0.3) is 0 Å². The molecule has 0 aliphatic carbocycles. The van der Waals surface area contributed by atoms with Gasteiger partial charge in [-0.1, -0.05) is 18.2 Å². The molecule has 0 saturated heterocycles. The van der Waals surface area contributed by atoms with Crippen LogP contribution in [0.5, 0.6) is 17.2 Å². The van der Waals surface area contributed by atoms with Crippen LogP contribution in [0.25, 0.3) is 0 Å². The molecule has 0 aliphatic heterocycles. The maximum atomic E-state index is 11.5. The topological polar surface area (TPSA) is 89.7 Å². The van der Waals surface area contributed by atoms with Crippen molar-refractivity contribution in [1.29, 1.82) is 0 Å². The number of rotatable bonds is 4. The number of phenolic OH excluding ortho intramolecular Hbond substituents is 1. The number of para-hydroxylation sites is 2. The average molecular weight is 273 g/mol. The summed E-state index contributed by atoms with van der Waals surface area (Å²) in [5.41, 5.74) is -0.124. The monoisotopic (exact) mass is 273 g/mol. The third kappa shape index (κ3) is 2.59. The summed E-state index contributed by atoms with van der Waals surface area (Å²) in [5.74, 6) is -0.620. The third-order valence-electron chi connectivity index (χ3n) is 2.66. The van der Waals surface area contributed by atoms with Crippen molar-refractivity contribution in [1.82, 2.24) is 0 Å². The van der Waals surface area contributed by atoms with E-state index in [4.69, 9.17) is 4.74 Å².